The van der Waals surface area contributed by atoms with Gasteiger partial charge in [-0.2, -0.15) is 0 Å². The Kier molecular flexibility index (Phi) is 17.7. The molecule has 0 nitrogen and oxygen atoms in total. The van der Waals surface area contributed by atoms with Crippen LogP contribution in [0.5, 0.6) is 0 Å². The minimum atomic E-state index is 1.23. The maximum Gasteiger partial charge on any atom is -0.00199 e. The van der Waals surface area contributed by atoms with Gasteiger partial charge in [0.1, 0.15) is 0 Å². The third kappa shape index (κ3) is 12.1. The first-order valence-electron chi connectivity index (χ1n) is 42.4. The van der Waals surface area contributed by atoms with Crippen molar-refractivity contribution < 1.29 is 0 Å². The molecule has 0 N–H and O–H groups in total. The van der Waals surface area contributed by atoms with Crippen molar-refractivity contribution in [1.82, 2.24) is 0 Å². The summed E-state index contributed by atoms with van der Waals surface area (Å²) in [5, 5.41) is 35.9. The minimum absolute atomic E-state index is 1.23. The van der Waals surface area contributed by atoms with E-state index >= 15 is 0 Å². The summed E-state index contributed by atoms with van der Waals surface area (Å²) in [5.41, 5.74) is 20.4. The standard InChI is InChI=1S/2C44H28.C34H22/c1-3-18-33-29(13-1)15-12-26-34(33)30-16-11-17-32(27-30)43-38-22-7-9-24-40(38)44(41-25-10-8-23-39(41)43)42-28-31-14-2-4-19-35(31)36-20-5-6-21-37(36)42;1-3-15-33-29(12-1)14-11-23-34(33)30-24-26-31(27-25-30)43-38-19-7-9-21-40(38)44(41-22-10-8-20-39(41)43)42-28-32-13-2-4-16-35(32)36-17-5-6-18-37(36)42;1-2-12-23(13-3-1)33-28-18-8-10-20-30(28)34(31-21-11-9-19-29(31)33)32-22-24-14-4-5-15-25(24)26-16-6-7-17-27(26)32/h2*1-28H;1-22H. The fraction of sp³-hybridized carbons (Fsp3) is 0. The molecule has 0 amide bonds. The highest BCUT2D eigenvalue weighted by Crippen LogP contribution is 2.52. The van der Waals surface area contributed by atoms with Crippen LogP contribution in [0.2, 0.25) is 0 Å². The lowest BCUT2D eigenvalue weighted by Gasteiger charge is -2.20. The maximum atomic E-state index is 2.40. The van der Waals surface area contributed by atoms with Gasteiger partial charge in [-0.1, -0.05) is 449 Å². The molecule has 0 aromatic heterocycles. The summed E-state index contributed by atoms with van der Waals surface area (Å²) in [7, 11) is 0. The molecule has 25 rings (SSSR count). The molecule has 0 fully saturated rings. The fourth-order valence-corrected chi connectivity index (χ4v) is 20.2. The van der Waals surface area contributed by atoms with E-state index < -0.39 is 0 Å². The van der Waals surface area contributed by atoms with Crippen molar-refractivity contribution in [1.29, 1.82) is 0 Å². The molecule has 0 unspecified atom stereocenters. The zero-order valence-corrected chi connectivity index (χ0v) is 67.0. The van der Waals surface area contributed by atoms with Gasteiger partial charge >= 0.3 is 0 Å². The predicted octanol–water partition coefficient (Wildman–Crippen LogP) is 34.5. The summed E-state index contributed by atoms with van der Waals surface area (Å²) in [6, 6.07) is 173. The number of fused-ring (bicyclic) bond motifs is 17. The molecule has 0 heteroatoms. The zero-order valence-electron chi connectivity index (χ0n) is 67.0. The predicted molar refractivity (Wildman–Crippen MR) is 528 cm³/mol. The van der Waals surface area contributed by atoms with E-state index in [2.05, 4.69) is 473 Å². The average molecular weight is 1540 g/mol. The monoisotopic (exact) mass is 1540 g/mol. The Labute approximate surface area is 708 Å². The van der Waals surface area contributed by atoms with Gasteiger partial charge in [-0.05, 0) is 264 Å². The van der Waals surface area contributed by atoms with Crippen molar-refractivity contribution in [2.24, 2.45) is 0 Å². The summed E-state index contributed by atoms with van der Waals surface area (Å²) in [6.45, 7) is 0. The Morgan fingerprint density at radius 2 is 0.287 bits per heavy atom. The lowest BCUT2D eigenvalue weighted by molar-refractivity contribution is 1.63. The third-order valence-electron chi connectivity index (χ3n) is 25.5. The summed E-state index contributed by atoms with van der Waals surface area (Å²) in [5.74, 6) is 0. The molecule has 0 aliphatic heterocycles. The van der Waals surface area contributed by atoms with Crippen LogP contribution < -0.4 is 0 Å². The second-order valence-corrected chi connectivity index (χ2v) is 32.2. The van der Waals surface area contributed by atoms with Crippen LogP contribution in [0.4, 0.5) is 0 Å². The molecule has 0 saturated carbocycles. The number of rotatable bonds is 8. The lowest BCUT2D eigenvalue weighted by atomic mass is 9.83. The van der Waals surface area contributed by atoms with Gasteiger partial charge in [-0.25, -0.2) is 0 Å². The summed E-state index contributed by atoms with van der Waals surface area (Å²) < 4.78 is 0. The van der Waals surface area contributed by atoms with Crippen molar-refractivity contribution in [2.75, 3.05) is 0 Å². The van der Waals surface area contributed by atoms with Crippen LogP contribution in [0.15, 0.2) is 473 Å². The smallest absolute Gasteiger partial charge is 0.00199 e. The average Bonchev–Trinajstić information content (AvgIpc) is 0.729. The second kappa shape index (κ2) is 30.3. The molecule has 0 bridgehead atoms. The first kappa shape index (κ1) is 71.5. The van der Waals surface area contributed by atoms with E-state index in [1.54, 1.807) is 0 Å². The highest BCUT2D eigenvalue weighted by atomic mass is 14.3. The molecule has 0 radical (unpaired) electrons. The van der Waals surface area contributed by atoms with E-state index in [1.807, 2.05) is 0 Å². The molecule has 0 aliphatic carbocycles. The Morgan fingerprint density at radius 3 is 0.623 bits per heavy atom. The molecule has 0 aliphatic rings. The third-order valence-corrected chi connectivity index (χ3v) is 25.5. The molecule has 566 valence electrons. The van der Waals surface area contributed by atoms with E-state index in [0.717, 1.165) is 0 Å². The Balaban J connectivity index is 0.000000107. The van der Waals surface area contributed by atoms with Crippen molar-refractivity contribution in [3.63, 3.8) is 0 Å². The second-order valence-electron chi connectivity index (χ2n) is 32.2. The molecular weight excluding hydrogens is 1470 g/mol. The van der Waals surface area contributed by atoms with Gasteiger partial charge < -0.3 is 0 Å². The zero-order chi connectivity index (χ0) is 80.6. The summed E-state index contributed by atoms with van der Waals surface area (Å²) in [4.78, 5) is 0. The Bertz CT molecular complexity index is 8320. The van der Waals surface area contributed by atoms with Gasteiger partial charge in [0, 0.05) is 0 Å². The van der Waals surface area contributed by atoms with Gasteiger partial charge in [0.05, 0.1) is 0 Å². The molecule has 0 heterocycles. The quantitative estimate of drug-likeness (QED) is 0.105. The molecular formula is C122H78. The van der Waals surface area contributed by atoms with Gasteiger partial charge in [0.25, 0.3) is 0 Å². The van der Waals surface area contributed by atoms with Gasteiger partial charge in [-0.15, -0.1) is 0 Å². The fourth-order valence-electron chi connectivity index (χ4n) is 20.2. The number of hydrogen-bond donors (Lipinski definition) is 0. The lowest BCUT2D eigenvalue weighted by Crippen LogP contribution is -1.92. The van der Waals surface area contributed by atoms with Crippen molar-refractivity contribution in [2.45, 2.75) is 0 Å². The van der Waals surface area contributed by atoms with E-state index in [1.165, 1.54) is 240 Å². The highest BCUT2D eigenvalue weighted by Gasteiger charge is 2.24. The summed E-state index contributed by atoms with van der Waals surface area (Å²) >= 11 is 0. The minimum Gasteiger partial charge on any atom is -0.0622 e. The van der Waals surface area contributed by atoms with Crippen LogP contribution in [0.25, 0.3) is 240 Å². The van der Waals surface area contributed by atoms with E-state index in [0.29, 0.717) is 0 Å². The topological polar surface area (TPSA) is 0 Å². The van der Waals surface area contributed by atoms with Crippen molar-refractivity contribution >= 4 is 151 Å². The van der Waals surface area contributed by atoms with Crippen LogP contribution >= 0.6 is 0 Å². The molecule has 0 saturated heterocycles. The maximum absolute atomic E-state index is 2.40. The first-order valence-corrected chi connectivity index (χ1v) is 42.4. The molecule has 25 aromatic rings. The molecule has 122 heavy (non-hydrogen) atoms. The van der Waals surface area contributed by atoms with Crippen molar-refractivity contribution in [3.05, 3.63) is 473 Å². The largest absolute Gasteiger partial charge is 0.0622 e. The van der Waals surface area contributed by atoms with Crippen LogP contribution in [-0.4, -0.2) is 0 Å². The number of hydrogen-bond acceptors (Lipinski definition) is 0. The van der Waals surface area contributed by atoms with Crippen LogP contribution in [0, 0.1) is 0 Å². The molecule has 25 aromatic carbocycles. The van der Waals surface area contributed by atoms with E-state index in [4.69, 9.17) is 0 Å². The first-order chi connectivity index (χ1) is 60.6. The molecule has 0 atom stereocenters. The van der Waals surface area contributed by atoms with Crippen LogP contribution in [-0.2, 0) is 0 Å². The number of benzene rings is 25. The Hall–Kier alpha value is -15.9. The summed E-state index contributed by atoms with van der Waals surface area (Å²) in [6.07, 6.45) is 0. The highest BCUT2D eigenvalue weighted by molar-refractivity contribution is 6.30. The van der Waals surface area contributed by atoms with Crippen LogP contribution in [0.3, 0.4) is 0 Å². The Morgan fingerprint density at radius 1 is 0.0820 bits per heavy atom. The van der Waals surface area contributed by atoms with Crippen molar-refractivity contribution in [3.8, 4) is 89.0 Å². The van der Waals surface area contributed by atoms with E-state index in [-0.39, 0.29) is 0 Å². The normalized spacial score (nSPS) is 11.6. The van der Waals surface area contributed by atoms with Gasteiger partial charge in [0.2, 0.25) is 0 Å². The molecule has 0 spiro atoms. The van der Waals surface area contributed by atoms with Crippen LogP contribution in [0.1, 0.15) is 0 Å². The van der Waals surface area contributed by atoms with Gasteiger partial charge in [-0.3, -0.25) is 0 Å². The SMILES string of the molecule is c1cc(-c2cccc3ccccc23)cc(-c2c3ccccc3c(-c3cc4ccccc4c4ccccc34)c3ccccc23)c1.c1ccc(-c2c3ccccc3c(-c3cc4ccccc4c4ccccc34)c3ccccc23)cc1.c1ccc2c(-c3ccc(-c4c5ccccc5c(-c5cc6ccccc6c6ccccc56)c5ccccc45)cc3)cccc2c1. The van der Waals surface area contributed by atoms with E-state index in [9.17, 15) is 0 Å². The van der Waals surface area contributed by atoms with Gasteiger partial charge in [0.15, 0.2) is 0 Å².